The Bertz CT molecular complexity index is 1520. The van der Waals surface area contributed by atoms with Gasteiger partial charge in [-0.05, 0) is 18.2 Å². The van der Waals surface area contributed by atoms with Gasteiger partial charge in [-0.15, -0.1) is 0 Å². The average Bonchev–Trinajstić information content (AvgIpc) is 3.21. The third-order valence-corrected chi connectivity index (χ3v) is 7.17. The minimum atomic E-state index is -0.546. The minimum Gasteiger partial charge on any atom is -0.496 e. The van der Waals surface area contributed by atoms with E-state index in [4.69, 9.17) is 26.1 Å². The Balaban J connectivity index is 1.70. The highest BCUT2D eigenvalue weighted by Gasteiger charge is 2.38. The number of nitrogens with one attached hydrogen (secondary N) is 1. The molecule has 1 amide bonds. The molecule has 1 N–H and O–H groups in total. The van der Waals surface area contributed by atoms with Gasteiger partial charge in [0.1, 0.15) is 34.5 Å². The number of methoxy groups -OCH3 is 1. The van der Waals surface area contributed by atoms with E-state index in [0.29, 0.717) is 30.9 Å². The Hall–Kier alpha value is -3.69. The van der Waals surface area contributed by atoms with Crippen molar-refractivity contribution in [2.24, 2.45) is 7.05 Å². The zero-order valence-corrected chi connectivity index (χ0v) is 20.5. The molecule has 1 fully saturated rings. The van der Waals surface area contributed by atoms with Crippen molar-refractivity contribution in [3.63, 3.8) is 0 Å². The van der Waals surface area contributed by atoms with Crippen LogP contribution in [0.25, 0.3) is 33.4 Å². The van der Waals surface area contributed by atoms with Crippen LogP contribution < -0.4 is 14.8 Å². The molecule has 2 aromatic heterocycles. The monoisotopic (exact) mass is 507 g/mol. The number of rotatable bonds is 3. The van der Waals surface area contributed by atoms with Gasteiger partial charge in [0.25, 0.3) is 5.91 Å². The van der Waals surface area contributed by atoms with E-state index in [1.807, 2.05) is 25.2 Å². The van der Waals surface area contributed by atoms with Crippen LogP contribution in [-0.4, -0.2) is 65.0 Å². The van der Waals surface area contributed by atoms with E-state index in [1.54, 1.807) is 27.9 Å². The summed E-state index contributed by atoms with van der Waals surface area (Å²) in [5, 5.41) is 8.56. The molecule has 1 atom stereocenters. The van der Waals surface area contributed by atoms with Crippen molar-refractivity contribution in [3.8, 4) is 34.0 Å². The minimum absolute atomic E-state index is 0.0664. The van der Waals surface area contributed by atoms with Crippen LogP contribution in [0.15, 0.2) is 42.6 Å². The summed E-state index contributed by atoms with van der Waals surface area (Å²) in [6, 6.07) is 10.0. The normalized spacial score (nSPS) is 17.4. The number of pyridine rings is 1. The summed E-state index contributed by atoms with van der Waals surface area (Å²) in [5.41, 5.74) is 2.41. The van der Waals surface area contributed by atoms with Crippen molar-refractivity contribution in [3.05, 3.63) is 59.0 Å². The number of nitrogens with zero attached hydrogens (tertiary/aromatic N) is 4. The smallest absolute Gasteiger partial charge is 0.260 e. The van der Waals surface area contributed by atoms with E-state index >= 15 is 4.39 Å². The van der Waals surface area contributed by atoms with Gasteiger partial charge in [-0.2, -0.15) is 5.10 Å². The number of benzene rings is 2. The number of ether oxygens (including phenoxy) is 2. The van der Waals surface area contributed by atoms with E-state index in [2.05, 4.69) is 10.4 Å². The Morgan fingerprint density at radius 3 is 2.86 bits per heavy atom. The van der Waals surface area contributed by atoms with Gasteiger partial charge in [0.15, 0.2) is 5.75 Å². The lowest BCUT2D eigenvalue weighted by Gasteiger charge is -2.34. The fraction of sp³-hybridized carbons (Fsp3) is 0.269. The maximum absolute atomic E-state index is 15.2. The van der Waals surface area contributed by atoms with Gasteiger partial charge in [0, 0.05) is 37.6 Å². The number of aromatic nitrogens is 3. The van der Waals surface area contributed by atoms with Crippen molar-refractivity contribution in [1.29, 1.82) is 0 Å². The summed E-state index contributed by atoms with van der Waals surface area (Å²) >= 11 is 6.87. The van der Waals surface area contributed by atoms with Gasteiger partial charge in [-0.3, -0.25) is 9.48 Å². The average molecular weight is 508 g/mol. The number of piperazine rings is 1. The van der Waals surface area contributed by atoms with Crippen molar-refractivity contribution in [2.75, 3.05) is 33.4 Å². The lowest BCUT2D eigenvalue weighted by atomic mass is 9.98. The van der Waals surface area contributed by atoms with Crippen LogP contribution in [0.1, 0.15) is 10.4 Å². The van der Waals surface area contributed by atoms with Crippen molar-refractivity contribution >= 4 is 28.4 Å². The maximum atomic E-state index is 15.2. The van der Waals surface area contributed by atoms with Gasteiger partial charge in [-0.1, -0.05) is 29.8 Å². The SMILES string of the molecule is COc1cccc(F)c1-c1nc(-c2cccc3c2cnn3C)c2c(c1Cl)OC[C@H]1CNCCN1C2=O. The number of fused-ring (bicyclic) bond motifs is 3. The van der Waals surface area contributed by atoms with Gasteiger partial charge < -0.3 is 19.7 Å². The predicted molar refractivity (Wildman–Crippen MR) is 134 cm³/mol. The lowest BCUT2D eigenvalue weighted by Crippen LogP contribution is -2.54. The van der Waals surface area contributed by atoms with E-state index < -0.39 is 5.82 Å². The molecular formula is C26H23ClFN5O3. The molecule has 10 heteroatoms. The number of carbonyl (C=O) groups is 1. The van der Waals surface area contributed by atoms with Crippen LogP contribution in [0, 0.1) is 5.82 Å². The number of hydrogen-bond donors (Lipinski definition) is 1. The quantitative estimate of drug-likeness (QED) is 0.453. The number of carbonyl (C=O) groups excluding carboxylic acids is 1. The molecular weight excluding hydrogens is 485 g/mol. The number of hydrogen-bond acceptors (Lipinski definition) is 6. The molecule has 0 saturated carbocycles. The van der Waals surface area contributed by atoms with Gasteiger partial charge in [0.05, 0.1) is 36.1 Å². The fourth-order valence-electron chi connectivity index (χ4n) is 5.02. The Labute approximate surface area is 211 Å². The first-order valence-electron chi connectivity index (χ1n) is 11.6. The third-order valence-electron chi connectivity index (χ3n) is 6.82. The number of halogens is 2. The van der Waals surface area contributed by atoms with Crippen LogP contribution in [0.2, 0.25) is 5.02 Å². The molecule has 2 aliphatic heterocycles. The second-order valence-electron chi connectivity index (χ2n) is 8.82. The Morgan fingerprint density at radius 2 is 2.03 bits per heavy atom. The molecule has 0 radical (unpaired) electrons. The molecule has 0 bridgehead atoms. The molecule has 2 aliphatic rings. The molecule has 0 aliphatic carbocycles. The molecule has 0 unspecified atom stereocenters. The molecule has 4 heterocycles. The first-order chi connectivity index (χ1) is 17.5. The zero-order valence-electron chi connectivity index (χ0n) is 19.7. The van der Waals surface area contributed by atoms with E-state index in [0.717, 1.165) is 10.9 Å². The highest BCUT2D eigenvalue weighted by molar-refractivity contribution is 6.35. The highest BCUT2D eigenvalue weighted by Crippen LogP contribution is 2.46. The second kappa shape index (κ2) is 8.76. The maximum Gasteiger partial charge on any atom is 0.260 e. The first-order valence-corrected chi connectivity index (χ1v) is 12.0. The molecule has 1 saturated heterocycles. The molecule has 2 aromatic carbocycles. The lowest BCUT2D eigenvalue weighted by molar-refractivity contribution is 0.0607. The Kier molecular flexibility index (Phi) is 5.54. The Morgan fingerprint density at radius 1 is 1.19 bits per heavy atom. The van der Waals surface area contributed by atoms with E-state index in [-0.39, 0.29) is 51.9 Å². The van der Waals surface area contributed by atoms with Crippen molar-refractivity contribution in [1.82, 2.24) is 25.0 Å². The largest absolute Gasteiger partial charge is 0.496 e. The van der Waals surface area contributed by atoms with Gasteiger partial charge >= 0.3 is 0 Å². The summed E-state index contributed by atoms with van der Waals surface area (Å²) in [5.74, 6) is -0.291. The number of amides is 1. The standard InChI is InChI=1S/C26H23ClFN5O3/c1-32-18-7-3-5-15(16(18)12-30-32)23-21-25(36-13-14-11-29-9-10-33(14)26(21)34)22(27)24(31-23)20-17(28)6-4-8-19(20)35-2/h3-8,12,14,29H,9-11,13H2,1-2H3/t14-/m1/s1. The summed E-state index contributed by atoms with van der Waals surface area (Å²) in [6.45, 7) is 2.06. The fourth-order valence-corrected chi connectivity index (χ4v) is 5.31. The summed E-state index contributed by atoms with van der Waals surface area (Å²) in [6.07, 6.45) is 1.73. The second-order valence-corrected chi connectivity index (χ2v) is 9.20. The highest BCUT2D eigenvalue weighted by atomic mass is 35.5. The van der Waals surface area contributed by atoms with E-state index in [1.165, 1.54) is 13.2 Å². The van der Waals surface area contributed by atoms with Crippen molar-refractivity contribution in [2.45, 2.75) is 6.04 Å². The summed E-state index contributed by atoms with van der Waals surface area (Å²) in [4.78, 5) is 20.7. The van der Waals surface area contributed by atoms with Crippen LogP contribution in [-0.2, 0) is 7.05 Å². The summed E-state index contributed by atoms with van der Waals surface area (Å²) < 4.78 is 28.6. The molecule has 8 nitrogen and oxygen atoms in total. The number of aryl methyl sites for hydroxylation is 1. The van der Waals surface area contributed by atoms with Crippen LogP contribution in [0.5, 0.6) is 11.5 Å². The molecule has 0 spiro atoms. The van der Waals surface area contributed by atoms with Crippen LogP contribution in [0.3, 0.4) is 0 Å². The third kappa shape index (κ3) is 3.42. The molecule has 184 valence electrons. The first kappa shape index (κ1) is 22.8. The van der Waals surface area contributed by atoms with Crippen LogP contribution >= 0.6 is 11.6 Å². The zero-order chi connectivity index (χ0) is 25.0. The van der Waals surface area contributed by atoms with Gasteiger partial charge in [-0.25, -0.2) is 9.37 Å². The summed E-state index contributed by atoms with van der Waals surface area (Å²) in [7, 11) is 3.30. The van der Waals surface area contributed by atoms with Crippen LogP contribution in [0.4, 0.5) is 4.39 Å². The topological polar surface area (TPSA) is 81.5 Å². The molecule has 36 heavy (non-hydrogen) atoms. The van der Waals surface area contributed by atoms with Gasteiger partial charge in [0.2, 0.25) is 0 Å². The molecule has 6 rings (SSSR count). The van der Waals surface area contributed by atoms with E-state index in [9.17, 15) is 4.79 Å². The molecule has 4 aromatic rings. The predicted octanol–water partition coefficient (Wildman–Crippen LogP) is 3.91. The van der Waals surface area contributed by atoms with Crippen molar-refractivity contribution < 1.29 is 18.7 Å².